The number of thiophene rings is 1. The average Bonchev–Trinajstić information content (AvgIpc) is 3.08. The van der Waals surface area contributed by atoms with Crippen LogP contribution >= 0.6 is 11.3 Å². The van der Waals surface area contributed by atoms with Gasteiger partial charge in [-0.25, -0.2) is 0 Å². The van der Waals surface area contributed by atoms with E-state index in [1.54, 1.807) is 16.2 Å². The summed E-state index contributed by atoms with van der Waals surface area (Å²) in [5.41, 5.74) is 0. The molecule has 1 aliphatic carbocycles. The summed E-state index contributed by atoms with van der Waals surface area (Å²) in [6, 6.07) is 3.81. The molecule has 1 N–H and O–H groups in total. The smallest absolute Gasteiger partial charge is 0.246 e. The van der Waals surface area contributed by atoms with Crippen LogP contribution in [0.4, 0.5) is 0 Å². The van der Waals surface area contributed by atoms with E-state index in [1.165, 1.54) is 4.88 Å². The molecule has 4 nitrogen and oxygen atoms in total. The zero-order chi connectivity index (χ0) is 12.7. The molecule has 2 fully saturated rings. The number of nitrogens with one attached hydrogen (secondary N) is 1. The summed E-state index contributed by atoms with van der Waals surface area (Å²) < 4.78 is 0. The molecule has 0 bridgehead atoms. The van der Waals surface area contributed by atoms with Crippen LogP contribution in [0.3, 0.4) is 0 Å². The van der Waals surface area contributed by atoms with E-state index < -0.39 is 0 Å². The summed E-state index contributed by atoms with van der Waals surface area (Å²) in [4.78, 5) is 28.0. The molecular formula is C13H16N2O2S. The van der Waals surface area contributed by atoms with Crippen molar-refractivity contribution in [2.24, 2.45) is 5.92 Å². The zero-order valence-corrected chi connectivity index (χ0v) is 11.1. The minimum atomic E-state index is -0.271. The van der Waals surface area contributed by atoms with Gasteiger partial charge in [-0.3, -0.25) is 9.59 Å². The summed E-state index contributed by atoms with van der Waals surface area (Å²) in [5, 5.41) is 2.82. The van der Waals surface area contributed by atoms with Gasteiger partial charge in [0.2, 0.25) is 11.8 Å². The highest BCUT2D eigenvalue weighted by molar-refractivity contribution is 7.11. The Kier molecular flexibility index (Phi) is 2.86. The minimum Gasteiger partial charge on any atom is -0.342 e. The topological polar surface area (TPSA) is 49.4 Å². The van der Waals surface area contributed by atoms with Crippen molar-refractivity contribution in [2.45, 2.75) is 32.4 Å². The van der Waals surface area contributed by atoms with Crippen molar-refractivity contribution in [1.82, 2.24) is 10.2 Å². The summed E-state index contributed by atoms with van der Waals surface area (Å²) in [7, 11) is 0. The highest BCUT2D eigenvalue weighted by atomic mass is 32.1. The van der Waals surface area contributed by atoms with Crippen molar-refractivity contribution in [1.29, 1.82) is 0 Å². The van der Waals surface area contributed by atoms with E-state index in [2.05, 4.69) is 5.32 Å². The molecule has 0 spiro atoms. The standard InChI is InChI=1S/C13H16N2O2S/c1-8-2-5-10(18-8)6-15-7-11(16)14-12(13(15)17)9-3-4-9/h2,5,9,12H,3-4,6-7H2,1H3,(H,14,16). The Labute approximate surface area is 110 Å². The van der Waals surface area contributed by atoms with Gasteiger partial charge in [0.05, 0.1) is 13.1 Å². The molecule has 1 atom stereocenters. The molecule has 2 heterocycles. The molecule has 0 aromatic carbocycles. The van der Waals surface area contributed by atoms with Crippen LogP contribution in [-0.2, 0) is 16.1 Å². The lowest BCUT2D eigenvalue weighted by molar-refractivity contribution is -0.145. The highest BCUT2D eigenvalue weighted by Crippen LogP contribution is 2.34. The summed E-state index contributed by atoms with van der Waals surface area (Å²) >= 11 is 1.68. The molecule has 96 valence electrons. The van der Waals surface area contributed by atoms with Crippen molar-refractivity contribution in [3.8, 4) is 0 Å². The molecule has 2 aliphatic rings. The van der Waals surface area contributed by atoms with Crippen LogP contribution in [0, 0.1) is 12.8 Å². The highest BCUT2D eigenvalue weighted by Gasteiger charge is 2.42. The third kappa shape index (κ3) is 2.27. The Morgan fingerprint density at radius 1 is 1.39 bits per heavy atom. The van der Waals surface area contributed by atoms with Crippen LogP contribution < -0.4 is 5.32 Å². The maximum Gasteiger partial charge on any atom is 0.246 e. The second kappa shape index (κ2) is 4.39. The lowest BCUT2D eigenvalue weighted by atomic mass is 10.1. The first kappa shape index (κ1) is 11.7. The van der Waals surface area contributed by atoms with Crippen LogP contribution in [0.5, 0.6) is 0 Å². The third-order valence-corrected chi connectivity index (χ3v) is 4.45. The van der Waals surface area contributed by atoms with E-state index in [4.69, 9.17) is 0 Å². The van der Waals surface area contributed by atoms with Gasteiger partial charge in [-0.2, -0.15) is 0 Å². The second-order valence-corrected chi connectivity index (χ2v) is 6.46. The van der Waals surface area contributed by atoms with Crippen molar-refractivity contribution in [3.05, 3.63) is 21.9 Å². The van der Waals surface area contributed by atoms with Gasteiger partial charge in [0, 0.05) is 9.75 Å². The van der Waals surface area contributed by atoms with Crippen molar-refractivity contribution >= 4 is 23.2 Å². The Hall–Kier alpha value is -1.36. The van der Waals surface area contributed by atoms with Crippen LogP contribution in [0.1, 0.15) is 22.6 Å². The number of amides is 2. The van der Waals surface area contributed by atoms with Crippen molar-refractivity contribution in [3.63, 3.8) is 0 Å². The number of piperazine rings is 1. The third-order valence-electron chi connectivity index (χ3n) is 3.46. The van der Waals surface area contributed by atoms with Crippen LogP contribution in [-0.4, -0.2) is 29.3 Å². The van der Waals surface area contributed by atoms with E-state index >= 15 is 0 Å². The first-order valence-corrected chi connectivity index (χ1v) is 7.08. The first-order valence-electron chi connectivity index (χ1n) is 6.27. The number of rotatable bonds is 3. The number of carbonyl (C=O) groups excluding carboxylic acids is 2. The molecule has 1 saturated carbocycles. The minimum absolute atomic E-state index is 0.0280. The van der Waals surface area contributed by atoms with Crippen LogP contribution in [0.15, 0.2) is 12.1 Å². The molecular weight excluding hydrogens is 248 g/mol. The fourth-order valence-corrected chi connectivity index (χ4v) is 3.28. The SMILES string of the molecule is Cc1ccc(CN2CC(=O)NC(C3CC3)C2=O)s1. The Morgan fingerprint density at radius 2 is 2.17 bits per heavy atom. The molecule has 3 rings (SSSR count). The van der Waals surface area contributed by atoms with Crippen molar-refractivity contribution < 1.29 is 9.59 Å². The lowest BCUT2D eigenvalue weighted by Crippen LogP contribution is -2.58. The number of hydrogen-bond acceptors (Lipinski definition) is 3. The van der Waals surface area contributed by atoms with Crippen LogP contribution in [0.25, 0.3) is 0 Å². The normalized spacial score (nSPS) is 24.3. The van der Waals surface area contributed by atoms with E-state index in [0.717, 1.165) is 17.7 Å². The Morgan fingerprint density at radius 3 is 2.78 bits per heavy atom. The molecule has 5 heteroatoms. The quantitative estimate of drug-likeness (QED) is 0.894. The van der Waals surface area contributed by atoms with E-state index in [-0.39, 0.29) is 24.4 Å². The van der Waals surface area contributed by atoms with Gasteiger partial charge in [0.15, 0.2) is 0 Å². The second-order valence-electron chi connectivity index (χ2n) is 5.09. The summed E-state index contributed by atoms with van der Waals surface area (Å²) in [5.74, 6) is 0.428. The van der Waals surface area contributed by atoms with Gasteiger partial charge >= 0.3 is 0 Å². The fourth-order valence-electron chi connectivity index (χ4n) is 2.37. The van der Waals surface area contributed by atoms with Gasteiger partial charge < -0.3 is 10.2 Å². The van der Waals surface area contributed by atoms with Crippen LogP contribution in [0.2, 0.25) is 0 Å². The number of aryl methyl sites for hydroxylation is 1. The largest absolute Gasteiger partial charge is 0.342 e. The number of hydrogen-bond donors (Lipinski definition) is 1. The summed E-state index contributed by atoms with van der Waals surface area (Å²) in [6.07, 6.45) is 2.12. The Bertz CT molecular complexity index is 493. The number of carbonyl (C=O) groups is 2. The first-order chi connectivity index (χ1) is 8.63. The maximum absolute atomic E-state index is 12.3. The Balaban J connectivity index is 1.73. The van der Waals surface area contributed by atoms with E-state index in [0.29, 0.717) is 12.5 Å². The predicted octanol–water partition coefficient (Wildman–Crippen LogP) is 1.29. The molecule has 1 aliphatic heterocycles. The molecule has 1 unspecified atom stereocenters. The predicted molar refractivity (Wildman–Crippen MR) is 69.1 cm³/mol. The van der Waals surface area contributed by atoms with Gasteiger partial charge in [0.1, 0.15) is 6.04 Å². The molecule has 2 amide bonds. The number of nitrogens with zero attached hydrogens (tertiary/aromatic N) is 1. The van der Waals surface area contributed by atoms with E-state index in [1.807, 2.05) is 19.1 Å². The lowest BCUT2D eigenvalue weighted by Gasteiger charge is -2.32. The van der Waals surface area contributed by atoms with E-state index in [9.17, 15) is 9.59 Å². The van der Waals surface area contributed by atoms with Gasteiger partial charge in [-0.1, -0.05) is 0 Å². The van der Waals surface area contributed by atoms with Crippen molar-refractivity contribution in [2.75, 3.05) is 6.54 Å². The zero-order valence-electron chi connectivity index (χ0n) is 10.3. The molecule has 1 saturated heterocycles. The van der Waals surface area contributed by atoms with Gasteiger partial charge in [0.25, 0.3) is 0 Å². The van der Waals surface area contributed by atoms with Gasteiger partial charge in [-0.05, 0) is 37.8 Å². The molecule has 18 heavy (non-hydrogen) atoms. The summed E-state index contributed by atoms with van der Waals surface area (Å²) in [6.45, 7) is 2.80. The monoisotopic (exact) mass is 264 g/mol. The fraction of sp³-hybridized carbons (Fsp3) is 0.538. The molecule has 1 aromatic heterocycles. The van der Waals surface area contributed by atoms with Gasteiger partial charge in [-0.15, -0.1) is 11.3 Å². The molecule has 1 aromatic rings. The maximum atomic E-state index is 12.3. The average molecular weight is 264 g/mol. The molecule has 0 radical (unpaired) electrons.